The van der Waals surface area contributed by atoms with E-state index < -0.39 is 5.97 Å². The maximum absolute atomic E-state index is 14.8. The summed E-state index contributed by atoms with van der Waals surface area (Å²) in [4.78, 5) is 11.5. The smallest absolute Gasteiger partial charge is 0.333 e. The van der Waals surface area contributed by atoms with Crippen LogP contribution in [0, 0.1) is 5.82 Å². The number of aryl methyl sites for hydroxylation is 2. The zero-order valence-corrected chi connectivity index (χ0v) is 17.2. The molecule has 5 heteroatoms. The maximum Gasteiger partial charge on any atom is 0.333 e. The molecule has 0 spiro atoms. The number of rotatable bonds is 11. The van der Waals surface area contributed by atoms with Gasteiger partial charge in [-0.15, -0.1) is 0 Å². The van der Waals surface area contributed by atoms with Gasteiger partial charge in [-0.3, -0.25) is 0 Å². The third kappa shape index (κ3) is 6.71. The van der Waals surface area contributed by atoms with Gasteiger partial charge in [0.2, 0.25) is 0 Å². The zero-order chi connectivity index (χ0) is 21.2. The minimum absolute atomic E-state index is 0.0733. The average molecular weight is 400 g/mol. The van der Waals surface area contributed by atoms with Crippen LogP contribution in [-0.4, -0.2) is 30.9 Å². The minimum Gasteiger partial charge on any atom is -0.489 e. The molecule has 0 aliphatic rings. The fourth-order valence-electron chi connectivity index (χ4n) is 2.98. The largest absolute Gasteiger partial charge is 0.489 e. The molecule has 0 atom stereocenters. The molecule has 0 fully saturated rings. The third-order valence-corrected chi connectivity index (χ3v) is 4.45. The first kappa shape index (κ1) is 22.6. The second-order valence-corrected chi connectivity index (χ2v) is 6.99. The van der Waals surface area contributed by atoms with Crippen molar-refractivity contribution < 1.29 is 23.8 Å². The highest BCUT2D eigenvalue weighted by atomic mass is 19.1. The Morgan fingerprint density at radius 2 is 1.76 bits per heavy atom. The molecule has 0 amide bonds. The van der Waals surface area contributed by atoms with Crippen molar-refractivity contribution in [2.75, 3.05) is 19.8 Å². The average Bonchev–Trinajstić information content (AvgIpc) is 2.70. The first-order valence-corrected chi connectivity index (χ1v) is 9.94. The van der Waals surface area contributed by atoms with E-state index in [2.05, 4.69) is 13.5 Å². The van der Waals surface area contributed by atoms with Crippen molar-refractivity contribution >= 4 is 5.97 Å². The van der Waals surface area contributed by atoms with Gasteiger partial charge in [-0.2, -0.15) is 0 Å². The topological polar surface area (TPSA) is 55.8 Å². The lowest BCUT2D eigenvalue weighted by molar-refractivity contribution is -0.139. The standard InChI is InChI=1S/C24H29FO4/c1-4-6-18-8-10-20(22(25)15-18)21-11-9-19(7-5-12-26)16-23(21)28-13-14-29-24(27)17(2)3/h8-11,15-16,26H,2,4-7,12-14H2,1,3H3. The van der Waals surface area contributed by atoms with Gasteiger partial charge in [0.15, 0.2) is 0 Å². The van der Waals surface area contributed by atoms with Crippen LogP contribution in [0.25, 0.3) is 11.1 Å². The van der Waals surface area contributed by atoms with Crippen molar-refractivity contribution in [1.29, 1.82) is 0 Å². The lowest BCUT2D eigenvalue weighted by atomic mass is 9.98. The van der Waals surface area contributed by atoms with E-state index in [4.69, 9.17) is 14.6 Å². The number of esters is 1. The molecule has 2 rings (SSSR count). The van der Waals surface area contributed by atoms with E-state index in [1.165, 1.54) is 0 Å². The van der Waals surface area contributed by atoms with Crippen molar-refractivity contribution in [3.05, 3.63) is 65.5 Å². The third-order valence-electron chi connectivity index (χ3n) is 4.45. The molecular weight excluding hydrogens is 371 g/mol. The van der Waals surface area contributed by atoms with Gasteiger partial charge in [-0.1, -0.05) is 44.2 Å². The Hall–Kier alpha value is -2.66. The fraction of sp³-hybridized carbons (Fsp3) is 0.375. The van der Waals surface area contributed by atoms with Crippen molar-refractivity contribution in [2.24, 2.45) is 0 Å². The van der Waals surface area contributed by atoms with Crippen LogP contribution in [0.15, 0.2) is 48.6 Å². The zero-order valence-electron chi connectivity index (χ0n) is 17.2. The van der Waals surface area contributed by atoms with Gasteiger partial charge < -0.3 is 14.6 Å². The predicted molar refractivity (Wildman–Crippen MR) is 113 cm³/mol. The van der Waals surface area contributed by atoms with Gasteiger partial charge >= 0.3 is 5.97 Å². The Bertz CT molecular complexity index is 845. The molecule has 0 saturated heterocycles. The van der Waals surface area contributed by atoms with Crippen LogP contribution >= 0.6 is 0 Å². The van der Waals surface area contributed by atoms with Crippen molar-refractivity contribution in [3.8, 4) is 16.9 Å². The minimum atomic E-state index is -0.469. The Kier molecular flexibility index (Phi) is 8.87. The van der Waals surface area contributed by atoms with E-state index in [0.29, 0.717) is 35.3 Å². The van der Waals surface area contributed by atoms with E-state index in [9.17, 15) is 9.18 Å². The summed E-state index contributed by atoms with van der Waals surface area (Å²) in [6.07, 6.45) is 3.11. The normalized spacial score (nSPS) is 10.6. The Morgan fingerprint density at radius 1 is 1.07 bits per heavy atom. The number of aliphatic hydroxyl groups is 1. The molecule has 2 aromatic carbocycles. The lowest BCUT2D eigenvalue weighted by Gasteiger charge is -2.15. The highest BCUT2D eigenvalue weighted by Crippen LogP contribution is 2.33. The number of carbonyl (C=O) groups is 1. The second kappa shape index (κ2) is 11.4. The highest BCUT2D eigenvalue weighted by Gasteiger charge is 2.13. The second-order valence-electron chi connectivity index (χ2n) is 6.99. The number of hydrogen-bond donors (Lipinski definition) is 1. The van der Waals surface area contributed by atoms with Crippen LogP contribution in [-0.2, 0) is 22.4 Å². The van der Waals surface area contributed by atoms with E-state index >= 15 is 0 Å². The number of aliphatic hydroxyl groups excluding tert-OH is 1. The number of halogens is 1. The monoisotopic (exact) mass is 400 g/mol. The summed E-state index contributed by atoms with van der Waals surface area (Å²) >= 11 is 0. The molecule has 0 radical (unpaired) electrons. The Morgan fingerprint density at radius 3 is 2.38 bits per heavy atom. The van der Waals surface area contributed by atoms with E-state index in [0.717, 1.165) is 24.0 Å². The van der Waals surface area contributed by atoms with Gasteiger partial charge in [-0.25, -0.2) is 9.18 Å². The molecule has 0 aromatic heterocycles. The number of benzene rings is 2. The first-order chi connectivity index (χ1) is 14.0. The molecule has 0 heterocycles. The molecule has 0 aliphatic carbocycles. The Balaban J connectivity index is 2.23. The summed E-state index contributed by atoms with van der Waals surface area (Å²) in [5, 5.41) is 9.07. The number of hydrogen-bond acceptors (Lipinski definition) is 4. The van der Waals surface area contributed by atoms with Crippen LogP contribution in [0.3, 0.4) is 0 Å². The van der Waals surface area contributed by atoms with Gasteiger partial charge in [0.25, 0.3) is 0 Å². The molecule has 0 unspecified atom stereocenters. The van der Waals surface area contributed by atoms with Gasteiger partial charge in [-0.05, 0) is 49.4 Å². The molecule has 4 nitrogen and oxygen atoms in total. The molecule has 0 bridgehead atoms. The SMILES string of the molecule is C=C(C)C(=O)OCCOc1cc(CCCO)ccc1-c1ccc(CCC)cc1F. The van der Waals surface area contributed by atoms with Gasteiger partial charge in [0.05, 0.1) is 0 Å². The van der Waals surface area contributed by atoms with E-state index in [-0.39, 0.29) is 25.6 Å². The van der Waals surface area contributed by atoms with Crippen LogP contribution < -0.4 is 4.74 Å². The fourth-order valence-corrected chi connectivity index (χ4v) is 2.98. The predicted octanol–water partition coefficient (Wildman–Crippen LogP) is 4.87. The first-order valence-electron chi connectivity index (χ1n) is 9.94. The summed E-state index contributed by atoms with van der Waals surface area (Å²) in [6.45, 7) is 7.49. The summed E-state index contributed by atoms with van der Waals surface area (Å²) < 4.78 is 25.7. The molecule has 1 N–H and O–H groups in total. The molecule has 2 aromatic rings. The van der Waals surface area contributed by atoms with Crippen LogP contribution in [0.1, 0.15) is 37.8 Å². The molecular formula is C24H29FO4. The van der Waals surface area contributed by atoms with Crippen molar-refractivity contribution in [3.63, 3.8) is 0 Å². The summed E-state index contributed by atoms with van der Waals surface area (Å²) in [5.74, 6) is -0.241. The molecule has 156 valence electrons. The highest BCUT2D eigenvalue weighted by molar-refractivity contribution is 5.86. The Labute approximate surface area is 172 Å². The van der Waals surface area contributed by atoms with Crippen LogP contribution in [0.5, 0.6) is 5.75 Å². The molecule has 29 heavy (non-hydrogen) atoms. The van der Waals surface area contributed by atoms with Crippen molar-refractivity contribution in [2.45, 2.75) is 39.5 Å². The molecule has 0 aliphatic heterocycles. The van der Waals surface area contributed by atoms with Crippen molar-refractivity contribution in [1.82, 2.24) is 0 Å². The molecule has 0 saturated carbocycles. The van der Waals surface area contributed by atoms with Crippen LogP contribution in [0.2, 0.25) is 0 Å². The summed E-state index contributed by atoms with van der Waals surface area (Å²) in [7, 11) is 0. The summed E-state index contributed by atoms with van der Waals surface area (Å²) in [5.41, 5.74) is 3.38. The van der Waals surface area contributed by atoms with Gasteiger partial charge in [0, 0.05) is 23.3 Å². The van der Waals surface area contributed by atoms with E-state index in [1.54, 1.807) is 19.1 Å². The number of carbonyl (C=O) groups excluding carboxylic acids is 1. The number of ether oxygens (including phenoxy) is 2. The van der Waals surface area contributed by atoms with E-state index in [1.807, 2.05) is 24.3 Å². The maximum atomic E-state index is 14.8. The lowest BCUT2D eigenvalue weighted by Crippen LogP contribution is -2.13. The van der Waals surface area contributed by atoms with Gasteiger partial charge in [0.1, 0.15) is 24.8 Å². The quantitative estimate of drug-likeness (QED) is 0.332. The van der Waals surface area contributed by atoms with Crippen LogP contribution in [0.4, 0.5) is 4.39 Å². The summed E-state index contributed by atoms with van der Waals surface area (Å²) in [6, 6.07) is 10.9.